The SMILES string of the molecule is CC(N)c1ccc(C(=O)N2CCCCC2)o1. The molecule has 1 aliphatic heterocycles. The van der Waals surface area contributed by atoms with Gasteiger partial charge in [0.1, 0.15) is 5.76 Å². The van der Waals surface area contributed by atoms with E-state index < -0.39 is 0 Å². The van der Waals surface area contributed by atoms with E-state index in [4.69, 9.17) is 10.2 Å². The molecule has 1 atom stereocenters. The molecule has 0 radical (unpaired) electrons. The van der Waals surface area contributed by atoms with Crippen molar-refractivity contribution in [2.75, 3.05) is 13.1 Å². The van der Waals surface area contributed by atoms with Crippen LogP contribution in [-0.4, -0.2) is 23.9 Å². The minimum atomic E-state index is -0.164. The second kappa shape index (κ2) is 4.70. The largest absolute Gasteiger partial charge is 0.454 e. The van der Waals surface area contributed by atoms with Crippen LogP contribution in [0.3, 0.4) is 0 Å². The molecule has 1 aromatic rings. The Hall–Kier alpha value is -1.29. The Morgan fingerprint density at radius 3 is 2.62 bits per heavy atom. The highest BCUT2D eigenvalue weighted by Gasteiger charge is 2.21. The van der Waals surface area contributed by atoms with Gasteiger partial charge in [0, 0.05) is 13.1 Å². The van der Waals surface area contributed by atoms with Crippen LogP contribution < -0.4 is 5.73 Å². The standard InChI is InChI=1S/C12H18N2O2/c1-9(13)10-5-6-11(16-10)12(15)14-7-3-2-4-8-14/h5-6,9H,2-4,7-8,13H2,1H3. The number of nitrogens with two attached hydrogens (primary N) is 1. The molecule has 4 heteroatoms. The summed E-state index contributed by atoms with van der Waals surface area (Å²) in [6.45, 7) is 3.52. The summed E-state index contributed by atoms with van der Waals surface area (Å²) in [7, 11) is 0. The number of nitrogens with zero attached hydrogens (tertiary/aromatic N) is 1. The van der Waals surface area contributed by atoms with Crippen LogP contribution in [0.2, 0.25) is 0 Å². The second-order valence-electron chi connectivity index (χ2n) is 4.34. The molecule has 88 valence electrons. The average Bonchev–Trinajstić information content (AvgIpc) is 2.78. The lowest BCUT2D eigenvalue weighted by atomic mass is 10.1. The molecule has 0 spiro atoms. The summed E-state index contributed by atoms with van der Waals surface area (Å²) in [5.41, 5.74) is 5.69. The van der Waals surface area contributed by atoms with Crippen LogP contribution >= 0.6 is 0 Å². The summed E-state index contributed by atoms with van der Waals surface area (Å²) in [5, 5.41) is 0. The fourth-order valence-corrected chi connectivity index (χ4v) is 1.97. The Labute approximate surface area is 95.4 Å². The Kier molecular flexibility index (Phi) is 3.29. The van der Waals surface area contributed by atoms with Crippen molar-refractivity contribution in [1.29, 1.82) is 0 Å². The first-order valence-corrected chi connectivity index (χ1v) is 5.83. The monoisotopic (exact) mass is 222 g/mol. The lowest BCUT2D eigenvalue weighted by molar-refractivity contribution is 0.0690. The van der Waals surface area contributed by atoms with E-state index in [0.29, 0.717) is 11.5 Å². The smallest absolute Gasteiger partial charge is 0.289 e. The summed E-state index contributed by atoms with van der Waals surface area (Å²) < 4.78 is 5.44. The van der Waals surface area contributed by atoms with E-state index in [-0.39, 0.29) is 11.9 Å². The Bertz CT molecular complexity index is 365. The number of carbonyl (C=O) groups is 1. The third-order valence-corrected chi connectivity index (χ3v) is 2.93. The molecule has 4 nitrogen and oxygen atoms in total. The lowest BCUT2D eigenvalue weighted by Gasteiger charge is -2.25. The third-order valence-electron chi connectivity index (χ3n) is 2.93. The summed E-state index contributed by atoms with van der Waals surface area (Å²) in [6, 6.07) is 3.33. The Balaban J connectivity index is 2.07. The van der Waals surface area contributed by atoms with Crippen molar-refractivity contribution < 1.29 is 9.21 Å². The zero-order valence-electron chi connectivity index (χ0n) is 9.61. The minimum absolute atomic E-state index is 0.00778. The van der Waals surface area contributed by atoms with E-state index in [9.17, 15) is 4.79 Å². The molecule has 1 aromatic heterocycles. The number of amides is 1. The van der Waals surface area contributed by atoms with E-state index in [1.165, 1.54) is 6.42 Å². The van der Waals surface area contributed by atoms with Gasteiger partial charge in [-0.1, -0.05) is 0 Å². The van der Waals surface area contributed by atoms with E-state index in [2.05, 4.69) is 0 Å². The van der Waals surface area contributed by atoms with Gasteiger partial charge in [0.05, 0.1) is 6.04 Å². The molecule has 2 N–H and O–H groups in total. The van der Waals surface area contributed by atoms with Crippen molar-refractivity contribution in [3.63, 3.8) is 0 Å². The summed E-state index contributed by atoms with van der Waals surface area (Å²) >= 11 is 0. The van der Waals surface area contributed by atoms with Crippen molar-refractivity contribution in [2.24, 2.45) is 5.73 Å². The summed E-state index contributed by atoms with van der Waals surface area (Å²) in [6.07, 6.45) is 3.40. The number of likely N-dealkylation sites (tertiary alicyclic amines) is 1. The van der Waals surface area contributed by atoms with Gasteiger partial charge in [-0.3, -0.25) is 4.79 Å². The van der Waals surface area contributed by atoms with Crippen LogP contribution in [0.1, 0.15) is 48.5 Å². The zero-order chi connectivity index (χ0) is 11.5. The van der Waals surface area contributed by atoms with Gasteiger partial charge in [0.2, 0.25) is 0 Å². The third kappa shape index (κ3) is 2.27. The maximum atomic E-state index is 12.0. The highest BCUT2D eigenvalue weighted by atomic mass is 16.4. The van der Waals surface area contributed by atoms with Crippen molar-refractivity contribution in [2.45, 2.75) is 32.2 Å². The molecule has 0 bridgehead atoms. The highest BCUT2D eigenvalue weighted by molar-refractivity contribution is 5.91. The molecule has 2 heterocycles. The van der Waals surface area contributed by atoms with Gasteiger partial charge in [-0.15, -0.1) is 0 Å². The quantitative estimate of drug-likeness (QED) is 0.831. The molecule has 0 aliphatic carbocycles. The van der Waals surface area contributed by atoms with E-state index >= 15 is 0 Å². The van der Waals surface area contributed by atoms with Gasteiger partial charge in [-0.25, -0.2) is 0 Å². The molecule has 1 aliphatic rings. The highest BCUT2D eigenvalue weighted by Crippen LogP contribution is 2.18. The number of furan rings is 1. The fourth-order valence-electron chi connectivity index (χ4n) is 1.97. The number of carbonyl (C=O) groups excluding carboxylic acids is 1. The predicted octanol–water partition coefficient (Wildman–Crippen LogP) is 1.93. The second-order valence-corrected chi connectivity index (χ2v) is 4.34. The summed E-state index contributed by atoms with van der Waals surface area (Å²) in [5.74, 6) is 1.07. The molecule has 1 unspecified atom stereocenters. The number of piperidine rings is 1. The van der Waals surface area contributed by atoms with Crippen LogP contribution in [0, 0.1) is 0 Å². The van der Waals surface area contributed by atoms with Gasteiger partial charge in [0.15, 0.2) is 5.76 Å². The van der Waals surface area contributed by atoms with Crippen molar-refractivity contribution in [3.8, 4) is 0 Å². The molecule has 0 saturated carbocycles. The Morgan fingerprint density at radius 2 is 2.06 bits per heavy atom. The van der Waals surface area contributed by atoms with Gasteiger partial charge >= 0.3 is 0 Å². The normalized spacial score (nSPS) is 18.5. The zero-order valence-corrected chi connectivity index (χ0v) is 9.61. The van der Waals surface area contributed by atoms with Gasteiger partial charge < -0.3 is 15.1 Å². The van der Waals surface area contributed by atoms with E-state index in [0.717, 1.165) is 25.9 Å². The van der Waals surface area contributed by atoms with Gasteiger partial charge in [-0.2, -0.15) is 0 Å². The Morgan fingerprint density at radius 1 is 1.38 bits per heavy atom. The first-order valence-electron chi connectivity index (χ1n) is 5.83. The maximum Gasteiger partial charge on any atom is 0.289 e. The molecule has 1 saturated heterocycles. The molecule has 0 aromatic carbocycles. The van der Waals surface area contributed by atoms with Crippen LogP contribution in [0.5, 0.6) is 0 Å². The van der Waals surface area contributed by atoms with Crippen LogP contribution in [0.4, 0.5) is 0 Å². The molecule has 1 amide bonds. The fraction of sp³-hybridized carbons (Fsp3) is 0.583. The van der Waals surface area contributed by atoms with Crippen molar-refractivity contribution >= 4 is 5.91 Å². The molecule has 16 heavy (non-hydrogen) atoms. The summed E-state index contributed by atoms with van der Waals surface area (Å²) in [4.78, 5) is 13.9. The molecule has 2 rings (SSSR count). The van der Waals surface area contributed by atoms with Gasteiger partial charge in [0.25, 0.3) is 5.91 Å². The van der Waals surface area contributed by atoms with Crippen molar-refractivity contribution in [3.05, 3.63) is 23.7 Å². The van der Waals surface area contributed by atoms with Crippen LogP contribution in [-0.2, 0) is 0 Å². The predicted molar refractivity (Wildman–Crippen MR) is 61.1 cm³/mol. The van der Waals surface area contributed by atoms with E-state index in [1.54, 1.807) is 12.1 Å². The topological polar surface area (TPSA) is 59.5 Å². The molecular formula is C12H18N2O2. The van der Waals surface area contributed by atoms with Crippen LogP contribution in [0.25, 0.3) is 0 Å². The van der Waals surface area contributed by atoms with E-state index in [1.807, 2.05) is 11.8 Å². The van der Waals surface area contributed by atoms with Gasteiger partial charge in [-0.05, 0) is 38.3 Å². The minimum Gasteiger partial charge on any atom is -0.454 e. The first-order chi connectivity index (χ1) is 7.68. The van der Waals surface area contributed by atoms with Crippen molar-refractivity contribution in [1.82, 2.24) is 4.90 Å². The first kappa shape index (κ1) is 11.2. The maximum absolute atomic E-state index is 12.0. The number of rotatable bonds is 2. The molecule has 1 fully saturated rings. The number of hydrogen-bond donors (Lipinski definition) is 1. The molecular weight excluding hydrogens is 204 g/mol. The number of hydrogen-bond acceptors (Lipinski definition) is 3. The average molecular weight is 222 g/mol. The van der Waals surface area contributed by atoms with Crippen LogP contribution in [0.15, 0.2) is 16.5 Å². The lowest BCUT2D eigenvalue weighted by Crippen LogP contribution is -2.35.